The number of nitrogens with zero attached hydrogens (tertiary/aromatic N) is 4. The van der Waals surface area contributed by atoms with Crippen LogP contribution in [0.3, 0.4) is 0 Å². The lowest BCUT2D eigenvalue weighted by molar-refractivity contribution is -0.151. The summed E-state index contributed by atoms with van der Waals surface area (Å²) in [5.41, 5.74) is 0.804. The maximum Gasteiger partial charge on any atom is 0.309 e. The summed E-state index contributed by atoms with van der Waals surface area (Å²) < 4.78 is 12.8. The number of pyridine rings is 1. The van der Waals surface area contributed by atoms with E-state index in [1.165, 1.54) is 0 Å². The average molecular weight is 538 g/mol. The Morgan fingerprint density at radius 3 is 2.33 bits per heavy atom. The van der Waals surface area contributed by atoms with Crippen LogP contribution < -0.4 is 19.7 Å². The van der Waals surface area contributed by atoms with Crippen molar-refractivity contribution in [3.8, 4) is 11.5 Å². The Morgan fingerprint density at radius 2 is 1.77 bits per heavy atom. The van der Waals surface area contributed by atoms with E-state index in [1.807, 2.05) is 29.7 Å². The molecule has 0 radical (unpaired) electrons. The fourth-order valence-corrected chi connectivity index (χ4v) is 4.71. The van der Waals surface area contributed by atoms with Crippen LogP contribution in [0.25, 0.3) is 10.9 Å². The van der Waals surface area contributed by atoms with Gasteiger partial charge in [0.25, 0.3) is 5.91 Å². The summed E-state index contributed by atoms with van der Waals surface area (Å²) in [6.07, 6.45) is 1.58. The summed E-state index contributed by atoms with van der Waals surface area (Å²) in [5.74, 6) is 0.610. The van der Waals surface area contributed by atoms with Crippen LogP contribution in [0.15, 0.2) is 36.5 Å². The van der Waals surface area contributed by atoms with E-state index >= 15 is 0 Å². The molecule has 1 aliphatic rings. The molecule has 2 amide bonds. The zero-order valence-corrected chi connectivity index (χ0v) is 23.0. The highest BCUT2D eigenvalue weighted by atomic mass is 16.5. The fraction of sp³-hybridized carbons (Fsp3) is 0.429. The fourth-order valence-electron chi connectivity index (χ4n) is 4.71. The standard InChI is InChI=1S/C28H35N5O6/c1-6-33-21-13-19(38-4)14-23(39-5)20(21)15-22(33)26(35)30-18-7-8-24(29-17-18)31-9-11-32(12-10-31)25(34)16-28(2,3)27(36)37/h7-8,13-15,17H,6,9-12,16H2,1-5H3,(H,30,35)(H,36,37). The van der Waals surface area contributed by atoms with E-state index in [4.69, 9.17) is 9.47 Å². The van der Waals surface area contributed by atoms with E-state index in [2.05, 4.69) is 15.2 Å². The normalized spacial score (nSPS) is 13.9. The van der Waals surface area contributed by atoms with Gasteiger partial charge in [-0.3, -0.25) is 14.4 Å². The molecular formula is C28H35N5O6. The topological polar surface area (TPSA) is 126 Å². The lowest BCUT2D eigenvalue weighted by Crippen LogP contribution is -2.50. The van der Waals surface area contributed by atoms with Crippen molar-refractivity contribution in [1.29, 1.82) is 0 Å². The Balaban J connectivity index is 1.41. The number of carboxylic acids is 1. The molecule has 1 fully saturated rings. The average Bonchev–Trinajstić information content (AvgIpc) is 3.31. The second-order valence-electron chi connectivity index (χ2n) is 10.1. The summed E-state index contributed by atoms with van der Waals surface area (Å²) in [6, 6.07) is 9.13. The number of carboxylic acid groups (broad SMARTS) is 1. The minimum absolute atomic E-state index is 0.0354. The Morgan fingerprint density at radius 1 is 1.05 bits per heavy atom. The molecule has 39 heavy (non-hydrogen) atoms. The number of fused-ring (bicyclic) bond motifs is 1. The van der Waals surface area contributed by atoms with Crippen molar-refractivity contribution >= 4 is 40.2 Å². The van der Waals surface area contributed by atoms with Crippen molar-refractivity contribution in [3.05, 3.63) is 42.2 Å². The SMILES string of the molecule is CCn1c(C(=O)Nc2ccc(N3CCN(C(=O)CC(C)(C)C(=O)O)CC3)nc2)cc2c(OC)cc(OC)cc21. The highest BCUT2D eigenvalue weighted by Crippen LogP contribution is 2.34. The molecule has 11 heteroatoms. The third-order valence-corrected chi connectivity index (χ3v) is 7.10. The predicted octanol–water partition coefficient (Wildman–Crippen LogP) is 3.48. The predicted molar refractivity (Wildman–Crippen MR) is 148 cm³/mol. The first-order valence-corrected chi connectivity index (χ1v) is 12.9. The molecule has 0 bridgehead atoms. The van der Waals surface area contributed by atoms with Crippen LogP contribution in [0.4, 0.5) is 11.5 Å². The van der Waals surface area contributed by atoms with Gasteiger partial charge in [-0.15, -0.1) is 0 Å². The maximum absolute atomic E-state index is 13.2. The molecule has 0 spiro atoms. The highest BCUT2D eigenvalue weighted by Gasteiger charge is 2.33. The van der Waals surface area contributed by atoms with Gasteiger partial charge in [0.1, 0.15) is 23.0 Å². The van der Waals surface area contributed by atoms with Crippen LogP contribution in [0.5, 0.6) is 11.5 Å². The van der Waals surface area contributed by atoms with Crippen LogP contribution >= 0.6 is 0 Å². The third-order valence-electron chi connectivity index (χ3n) is 7.10. The van der Waals surface area contributed by atoms with Crippen molar-refractivity contribution in [1.82, 2.24) is 14.5 Å². The largest absolute Gasteiger partial charge is 0.497 e. The van der Waals surface area contributed by atoms with Crippen molar-refractivity contribution < 1.29 is 29.0 Å². The first kappa shape index (κ1) is 27.7. The number of anilines is 2. The van der Waals surface area contributed by atoms with E-state index in [0.717, 1.165) is 16.7 Å². The van der Waals surface area contributed by atoms with Gasteiger partial charge in [0.15, 0.2) is 0 Å². The Labute approximate surface area is 227 Å². The van der Waals surface area contributed by atoms with Crippen LogP contribution in [-0.4, -0.2) is 77.7 Å². The van der Waals surface area contributed by atoms with Gasteiger partial charge in [0.2, 0.25) is 5.91 Å². The number of nitrogens with one attached hydrogen (secondary N) is 1. The number of aromatic nitrogens is 2. The van der Waals surface area contributed by atoms with Gasteiger partial charge in [-0.2, -0.15) is 0 Å². The van der Waals surface area contributed by atoms with Gasteiger partial charge in [-0.05, 0) is 39.0 Å². The van der Waals surface area contributed by atoms with Crippen molar-refractivity contribution in [3.63, 3.8) is 0 Å². The zero-order valence-electron chi connectivity index (χ0n) is 23.0. The van der Waals surface area contributed by atoms with Crippen molar-refractivity contribution in [2.24, 2.45) is 5.41 Å². The Kier molecular flexibility index (Phi) is 7.98. The molecule has 1 aromatic carbocycles. The minimum Gasteiger partial charge on any atom is -0.497 e. The molecule has 4 rings (SSSR count). The van der Waals surface area contributed by atoms with Gasteiger partial charge in [-0.25, -0.2) is 4.98 Å². The van der Waals surface area contributed by atoms with Crippen LogP contribution in [0, 0.1) is 5.41 Å². The first-order chi connectivity index (χ1) is 18.6. The number of benzene rings is 1. The van der Waals surface area contributed by atoms with Gasteiger partial charge in [-0.1, -0.05) is 0 Å². The summed E-state index contributed by atoms with van der Waals surface area (Å²) >= 11 is 0. The smallest absolute Gasteiger partial charge is 0.309 e. The monoisotopic (exact) mass is 537 g/mol. The van der Waals surface area contributed by atoms with Crippen LogP contribution in [0.1, 0.15) is 37.7 Å². The summed E-state index contributed by atoms with van der Waals surface area (Å²) in [5, 5.41) is 13.0. The molecule has 2 N–H and O–H groups in total. The van der Waals surface area contributed by atoms with Gasteiger partial charge >= 0.3 is 5.97 Å². The zero-order chi connectivity index (χ0) is 28.3. The molecule has 1 saturated heterocycles. The van der Waals surface area contributed by atoms with Crippen molar-refractivity contribution in [2.45, 2.75) is 33.7 Å². The molecule has 3 heterocycles. The molecule has 2 aromatic heterocycles. The highest BCUT2D eigenvalue weighted by molar-refractivity contribution is 6.07. The van der Waals surface area contributed by atoms with Crippen LogP contribution in [0.2, 0.25) is 0 Å². The van der Waals surface area contributed by atoms with Gasteiger partial charge in [0.05, 0.1) is 37.0 Å². The number of carbonyl (C=O) groups excluding carboxylic acids is 2. The Hall–Kier alpha value is -4.28. The second-order valence-corrected chi connectivity index (χ2v) is 10.1. The number of aryl methyl sites for hydroxylation is 1. The molecule has 0 saturated carbocycles. The molecule has 0 atom stereocenters. The molecule has 0 aliphatic carbocycles. The second kappa shape index (κ2) is 11.2. The summed E-state index contributed by atoms with van der Waals surface area (Å²) in [7, 11) is 3.18. The first-order valence-electron chi connectivity index (χ1n) is 12.9. The number of piperazine rings is 1. The molecule has 1 aliphatic heterocycles. The number of carbonyl (C=O) groups is 3. The number of aliphatic carboxylic acids is 1. The number of amides is 2. The molecule has 3 aromatic rings. The number of hydrogen-bond acceptors (Lipinski definition) is 7. The number of hydrogen-bond donors (Lipinski definition) is 2. The van der Waals surface area contributed by atoms with E-state index in [1.54, 1.807) is 51.3 Å². The van der Waals surface area contributed by atoms with Gasteiger partial charge in [0, 0.05) is 56.7 Å². The summed E-state index contributed by atoms with van der Waals surface area (Å²) in [4.78, 5) is 45.4. The number of methoxy groups -OCH3 is 2. The minimum atomic E-state index is -1.10. The van der Waals surface area contributed by atoms with E-state index in [9.17, 15) is 19.5 Å². The maximum atomic E-state index is 13.2. The van der Waals surface area contributed by atoms with E-state index < -0.39 is 11.4 Å². The van der Waals surface area contributed by atoms with Crippen molar-refractivity contribution in [2.75, 3.05) is 50.6 Å². The molecular weight excluding hydrogens is 502 g/mol. The lowest BCUT2D eigenvalue weighted by atomic mass is 9.89. The molecule has 11 nitrogen and oxygen atoms in total. The molecule has 208 valence electrons. The van der Waals surface area contributed by atoms with Gasteiger partial charge < -0.3 is 34.3 Å². The Bertz CT molecular complexity index is 1370. The van der Waals surface area contributed by atoms with Crippen LogP contribution in [-0.2, 0) is 16.1 Å². The molecule has 0 unspecified atom stereocenters. The van der Waals surface area contributed by atoms with E-state index in [-0.39, 0.29) is 18.2 Å². The third kappa shape index (κ3) is 5.76. The number of rotatable bonds is 9. The summed E-state index contributed by atoms with van der Waals surface area (Å²) in [6.45, 7) is 7.82. The quantitative estimate of drug-likeness (QED) is 0.425. The number of ether oxygens (including phenoxy) is 2. The lowest BCUT2D eigenvalue weighted by Gasteiger charge is -2.36. The van der Waals surface area contributed by atoms with E-state index in [0.29, 0.717) is 55.6 Å².